The minimum Gasteiger partial charge on any atom is -0.497 e. The molecule has 8 nitrogen and oxygen atoms in total. The monoisotopic (exact) mass is 410 g/mol. The number of aromatic nitrogens is 3. The fraction of sp³-hybridized carbons (Fsp3) is 0.150. The molecule has 0 bridgehead atoms. The lowest BCUT2D eigenvalue weighted by atomic mass is 10.2. The highest BCUT2D eigenvalue weighted by molar-refractivity contribution is 7.15. The molecule has 2 aromatic carbocycles. The number of carbonyl (C=O) groups excluding carboxylic acids is 1. The molecular formula is C20H18N4O4S. The maximum absolute atomic E-state index is 12.6. The first kappa shape index (κ1) is 18.8. The summed E-state index contributed by atoms with van der Waals surface area (Å²) in [6.45, 7) is 0. The van der Waals surface area contributed by atoms with E-state index >= 15 is 0 Å². The first-order valence-electron chi connectivity index (χ1n) is 8.65. The number of ether oxygens (including phenoxy) is 3. The van der Waals surface area contributed by atoms with Crippen molar-refractivity contribution < 1.29 is 19.0 Å². The maximum Gasteiger partial charge on any atom is 0.258 e. The molecule has 0 aliphatic heterocycles. The van der Waals surface area contributed by atoms with Crippen LogP contribution in [-0.2, 0) is 0 Å². The Balaban J connectivity index is 1.59. The molecule has 0 saturated heterocycles. The van der Waals surface area contributed by atoms with Gasteiger partial charge in [0.15, 0.2) is 11.5 Å². The first-order chi connectivity index (χ1) is 14.1. The lowest BCUT2D eigenvalue weighted by Gasteiger charge is -2.08. The standard InChI is InChI=1S/C20H18N4O4S/c1-26-14-7-4-12(5-8-14)15-11-29-20-22-19(23-24(15)20)21-18(25)13-6-9-16(27-2)17(10-13)28-3/h4-11H,1-3H3,(H,21,23,25). The van der Waals surface area contributed by atoms with Crippen molar-refractivity contribution in [3.05, 3.63) is 53.4 Å². The van der Waals surface area contributed by atoms with Gasteiger partial charge in [-0.15, -0.1) is 16.4 Å². The summed E-state index contributed by atoms with van der Waals surface area (Å²) in [7, 11) is 4.69. The molecule has 0 unspecified atom stereocenters. The number of benzene rings is 2. The maximum atomic E-state index is 12.6. The van der Waals surface area contributed by atoms with Gasteiger partial charge in [-0.2, -0.15) is 4.98 Å². The number of hydrogen-bond acceptors (Lipinski definition) is 7. The van der Waals surface area contributed by atoms with E-state index in [4.69, 9.17) is 14.2 Å². The van der Waals surface area contributed by atoms with Gasteiger partial charge in [-0.3, -0.25) is 10.1 Å². The predicted octanol–water partition coefficient (Wildman–Crippen LogP) is 3.74. The average Bonchev–Trinajstić information content (AvgIpc) is 3.33. The van der Waals surface area contributed by atoms with Crippen LogP contribution < -0.4 is 19.5 Å². The third-order valence-electron chi connectivity index (χ3n) is 4.34. The number of carbonyl (C=O) groups is 1. The Hall–Kier alpha value is -3.59. The molecular weight excluding hydrogens is 392 g/mol. The normalized spacial score (nSPS) is 10.7. The number of amides is 1. The van der Waals surface area contributed by atoms with E-state index in [1.165, 1.54) is 18.4 Å². The van der Waals surface area contributed by atoms with Gasteiger partial charge in [0.05, 0.1) is 27.0 Å². The molecule has 0 radical (unpaired) electrons. The van der Waals surface area contributed by atoms with Crippen molar-refractivity contribution in [3.63, 3.8) is 0 Å². The largest absolute Gasteiger partial charge is 0.497 e. The SMILES string of the molecule is COc1ccc(-c2csc3nc(NC(=O)c4ccc(OC)c(OC)c4)nn23)cc1. The van der Waals surface area contributed by atoms with Gasteiger partial charge < -0.3 is 14.2 Å². The molecule has 4 aromatic rings. The minimum atomic E-state index is -0.338. The Labute approximate surface area is 170 Å². The Bertz CT molecular complexity index is 1170. The van der Waals surface area contributed by atoms with Crippen molar-refractivity contribution in [2.75, 3.05) is 26.6 Å². The molecule has 0 aliphatic carbocycles. The quantitative estimate of drug-likeness (QED) is 0.521. The number of nitrogens with zero attached hydrogens (tertiary/aromatic N) is 3. The summed E-state index contributed by atoms with van der Waals surface area (Å²) < 4.78 is 17.3. The van der Waals surface area contributed by atoms with Crippen LogP contribution in [0.3, 0.4) is 0 Å². The number of anilines is 1. The second kappa shape index (κ2) is 7.80. The molecule has 0 saturated carbocycles. The zero-order valence-electron chi connectivity index (χ0n) is 16.0. The average molecular weight is 410 g/mol. The van der Waals surface area contributed by atoms with E-state index in [2.05, 4.69) is 15.4 Å². The summed E-state index contributed by atoms with van der Waals surface area (Å²) in [5, 5.41) is 9.13. The van der Waals surface area contributed by atoms with Gasteiger partial charge in [-0.05, 0) is 42.5 Å². The smallest absolute Gasteiger partial charge is 0.258 e. The Morgan fingerprint density at radius 2 is 1.76 bits per heavy atom. The van der Waals surface area contributed by atoms with Gasteiger partial charge in [-0.1, -0.05) is 0 Å². The highest BCUT2D eigenvalue weighted by atomic mass is 32.1. The summed E-state index contributed by atoms with van der Waals surface area (Å²) in [4.78, 5) is 17.7. The first-order valence-corrected chi connectivity index (χ1v) is 9.53. The molecule has 2 heterocycles. The number of rotatable bonds is 6. The zero-order chi connectivity index (χ0) is 20.4. The molecule has 0 spiro atoms. The van der Waals surface area contributed by atoms with E-state index in [-0.39, 0.29) is 11.9 Å². The van der Waals surface area contributed by atoms with Crippen molar-refractivity contribution in [1.82, 2.24) is 14.6 Å². The van der Waals surface area contributed by atoms with Crippen LogP contribution in [0.15, 0.2) is 47.8 Å². The summed E-state index contributed by atoms with van der Waals surface area (Å²) in [6, 6.07) is 12.6. The predicted molar refractivity (Wildman–Crippen MR) is 110 cm³/mol. The van der Waals surface area contributed by atoms with Crippen LogP contribution in [0.1, 0.15) is 10.4 Å². The second-order valence-corrected chi connectivity index (χ2v) is 6.84. The molecule has 1 N–H and O–H groups in total. The topological polar surface area (TPSA) is 87.0 Å². The summed E-state index contributed by atoms with van der Waals surface area (Å²) in [5.41, 5.74) is 2.27. The lowest BCUT2D eigenvalue weighted by molar-refractivity contribution is 0.102. The number of fused-ring (bicyclic) bond motifs is 1. The van der Waals surface area contributed by atoms with Crippen LogP contribution in [-0.4, -0.2) is 41.8 Å². The number of methoxy groups -OCH3 is 3. The highest BCUT2D eigenvalue weighted by Crippen LogP contribution is 2.29. The summed E-state index contributed by atoms with van der Waals surface area (Å²) in [5.74, 6) is 1.69. The van der Waals surface area contributed by atoms with Crippen molar-refractivity contribution in [1.29, 1.82) is 0 Å². The zero-order valence-corrected chi connectivity index (χ0v) is 16.8. The van der Waals surface area contributed by atoms with Crippen LogP contribution >= 0.6 is 11.3 Å². The highest BCUT2D eigenvalue weighted by Gasteiger charge is 2.16. The third kappa shape index (κ3) is 3.59. The molecule has 4 rings (SSSR count). The summed E-state index contributed by atoms with van der Waals surface area (Å²) >= 11 is 1.44. The third-order valence-corrected chi connectivity index (χ3v) is 5.15. The molecule has 29 heavy (non-hydrogen) atoms. The van der Waals surface area contributed by atoms with Crippen molar-refractivity contribution in [2.24, 2.45) is 0 Å². The molecule has 0 atom stereocenters. The fourth-order valence-electron chi connectivity index (χ4n) is 2.85. The van der Waals surface area contributed by atoms with E-state index in [0.717, 1.165) is 17.0 Å². The molecule has 9 heteroatoms. The Kier molecular flexibility index (Phi) is 5.05. The van der Waals surface area contributed by atoms with E-state index in [1.54, 1.807) is 36.9 Å². The van der Waals surface area contributed by atoms with Gasteiger partial charge in [0.25, 0.3) is 11.9 Å². The van der Waals surface area contributed by atoms with Crippen molar-refractivity contribution in [3.8, 4) is 28.5 Å². The fourth-order valence-corrected chi connectivity index (χ4v) is 3.68. The molecule has 148 valence electrons. The van der Waals surface area contributed by atoms with Gasteiger partial charge in [0.1, 0.15) is 5.75 Å². The summed E-state index contributed by atoms with van der Waals surface area (Å²) in [6.07, 6.45) is 0. The van der Waals surface area contributed by atoms with Gasteiger partial charge >= 0.3 is 0 Å². The van der Waals surface area contributed by atoms with E-state index in [0.29, 0.717) is 22.0 Å². The second-order valence-electron chi connectivity index (χ2n) is 6.00. The van der Waals surface area contributed by atoms with Gasteiger partial charge in [0, 0.05) is 16.5 Å². The van der Waals surface area contributed by atoms with E-state index in [1.807, 2.05) is 29.6 Å². The Morgan fingerprint density at radius 1 is 1.00 bits per heavy atom. The van der Waals surface area contributed by atoms with Gasteiger partial charge in [-0.25, -0.2) is 4.52 Å². The number of hydrogen-bond donors (Lipinski definition) is 1. The van der Waals surface area contributed by atoms with Crippen molar-refractivity contribution >= 4 is 28.2 Å². The molecule has 0 fully saturated rings. The molecule has 2 aromatic heterocycles. The van der Waals surface area contributed by atoms with Crippen LogP contribution in [0.2, 0.25) is 0 Å². The lowest BCUT2D eigenvalue weighted by Crippen LogP contribution is -2.13. The number of thiazole rings is 1. The Morgan fingerprint density at radius 3 is 2.45 bits per heavy atom. The molecule has 0 aliphatic rings. The van der Waals surface area contributed by atoms with Crippen LogP contribution in [0, 0.1) is 0 Å². The van der Waals surface area contributed by atoms with Crippen LogP contribution in [0.25, 0.3) is 16.2 Å². The van der Waals surface area contributed by atoms with E-state index < -0.39 is 0 Å². The van der Waals surface area contributed by atoms with Crippen LogP contribution in [0.4, 0.5) is 5.95 Å². The minimum absolute atomic E-state index is 0.228. The van der Waals surface area contributed by atoms with Gasteiger partial charge in [0.2, 0.25) is 4.96 Å². The molecule has 1 amide bonds. The number of nitrogens with one attached hydrogen (secondary N) is 1. The van der Waals surface area contributed by atoms with Crippen LogP contribution in [0.5, 0.6) is 17.2 Å². The van der Waals surface area contributed by atoms with Crippen molar-refractivity contribution in [2.45, 2.75) is 0 Å². The van der Waals surface area contributed by atoms with E-state index in [9.17, 15) is 4.79 Å².